The van der Waals surface area contributed by atoms with Gasteiger partial charge in [-0.15, -0.1) is 0 Å². The van der Waals surface area contributed by atoms with E-state index in [4.69, 9.17) is 4.74 Å². The van der Waals surface area contributed by atoms with Gasteiger partial charge in [0.05, 0.1) is 44.6 Å². The second kappa shape index (κ2) is 7.73. The number of hydrogen-bond acceptors (Lipinski definition) is 3. The minimum Gasteiger partial charge on any atom is -0.385 e. The van der Waals surface area contributed by atoms with Crippen LogP contribution in [0.1, 0.15) is 13.8 Å². The molecular weight excluding hydrogens is 271 g/mol. The van der Waals surface area contributed by atoms with E-state index >= 15 is 0 Å². The van der Waals surface area contributed by atoms with Gasteiger partial charge >= 0.3 is 0 Å². The molecule has 1 saturated heterocycles. The first-order valence-corrected chi connectivity index (χ1v) is 7.69. The molecule has 2 rings (SSSR count). The molecule has 1 aromatic carbocycles. The van der Waals surface area contributed by atoms with Crippen LogP contribution in [0.2, 0.25) is 0 Å². The third-order valence-electron chi connectivity index (χ3n) is 3.81. The predicted octanol–water partition coefficient (Wildman–Crippen LogP) is 0.317. The van der Waals surface area contributed by atoms with Gasteiger partial charge in [0.1, 0.15) is 18.5 Å². The number of piperazine rings is 1. The highest BCUT2D eigenvalue weighted by molar-refractivity contribution is 5.47. The first-order chi connectivity index (χ1) is 10.1. The maximum atomic E-state index is 13.8. The molecule has 0 radical (unpaired) electrons. The molecule has 0 spiro atoms. The zero-order chi connectivity index (χ0) is 15.2. The Morgan fingerprint density at radius 2 is 1.95 bits per heavy atom. The van der Waals surface area contributed by atoms with Crippen LogP contribution in [-0.2, 0) is 4.74 Å². The molecule has 1 atom stereocenters. The second-order valence-corrected chi connectivity index (χ2v) is 5.93. The van der Waals surface area contributed by atoms with Gasteiger partial charge in [0.2, 0.25) is 0 Å². The quantitative estimate of drug-likeness (QED) is 0.794. The van der Waals surface area contributed by atoms with Crippen molar-refractivity contribution in [3.8, 4) is 0 Å². The molecule has 1 fully saturated rings. The molecule has 0 unspecified atom stereocenters. The number of benzene rings is 1. The van der Waals surface area contributed by atoms with E-state index in [1.807, 2.05) is 26.0 Å². The van der Waals surface area contributed by atoms with Crippen LogP contribution in [0.5, 0.6) is 0 Å². The summed E-state index contributed by atoms with van der Waals surface area (Å²) >= 11 is 0. The Labute approximate surface area is 126 Å². The normalized spacial score (nSPS) is 18.2. The van der Waals surface area contributed by atoms with Crippen molar-refractivity contribution >= 4 is 5.69 Å². The van der Waals surface area contributed by atoms with Gasteiger partial charge in [-0.05, 0) is 26.0 Å². The van der Waals surface area contributed by atoms with Crippen LogP contribution in [0.25, 0.3) is 0 Å². The Hall–Kier alpha value is -1.17. The zero-order valence-corrected chi connectivity index (χ0v) is 12.9. The lowest BCUT2D eigenvalue weighted by molar-refractivity contribution is -0.903. The van der Waals surface area contributed by atoms with Crippen molar-refractivity contribution in [1.82, 2.24) is 0 Å². The summed E-state index contributed by atoms with van der Waals surface area (Å²) in [4.78, 5) is 3.43. The van der Waals surface area contributed by atoms with Crippen molar-refractivity contribution in [2.45, 2.75) is 26.1 Å². The topological polar surface area (TPSA) is 37.1 Å². The van der Waals surface area contributed by atoms with E-state index in [0.29, 0.717) is 18.8 Å². The predicted molar refractivity (Wildman–Crippen MR) is 81.3 cm³/mol. The van der Waals surface area contributed by atoms with Crippen LogP contribution < -0.4 is 9.80 Å². The fourth-order valence-electron chi connectivity index (χ4n) is 2.67. The summed E-state index contributed by atoms with van der Waals surface area (Å²) in [5, 5.41) is 9.96. The van der Waals surface area contributed by atoms with Crippen molar-refractivity contribution in [1.29, 1.82) is 0 Å². The van der Waals surface area contributed by atoms with Crippen LogP contribution in [0.4, 0.5) is 10.1 Å². The SMILES string of the molecule is CC(C)OC[C@@H](O)C[NH+]1CCN(c2ccccc2F)CC1. The molecule has 0 bridgehead atoms. The van der Waals surface area contributed by atoms with Gasteiger partial charge in [0, 0.05) is 0 Å². The number of aliphatic hydroxyl groups excluding tert-OH is 1. The summed E-state index contributed by atoms with van der Waals surface area (Å²) < 4.78 is 19.2. The van der Waals surface area contributed by atoms with Crippen LogP contribution >= 0.6 is 0 Å². The summed E-state index contributed by atoms with van der Waals surface area (Å²) in [6.07, 6.45) is -0.282. The molecule has 0 aromatic heterocycles. The van der Waals surface area contributed by atoms with Crippen molar-refractivity contribution in [2.24, 2.45) is 0 Å². The van der Waals surface area contributed by atoms with E-state index in [-0.39, 0.29) is 11.9 Å². The van der Waals surface area contributed by atoms with E-state index in [0.717, 1.165) is 26.2 Å². The number of ether oxygens (including phenoxy) is 1. The number of nitrogens with zero attached hydrogens (tertiary/aromatic N) is 1. The Morgan fingerprint density at radius 3 is 2.57 bits per heavy atom. The zero-order valence-electron chi connectivity index (χ0n) is 12.9. The summed E-state index contributed by atoms with van der Waals surface area (Å²) in [7, 11) is 0. The summed E-state index contributed by atoms with van der Waals surface area (Å²) in [6.45, 7) is 8.46. The van der Waals surface area contributed by atoms with E-state index in [2.05, 4.69) is 4.90 Å². The molecule has 0 amide bonds. The fourth-order valence-corrected chi connectivity index (χ4v) is 2.67. The summed E-state index contributed by atoms with van der Waals surface area (Å²) in [6, 6.07) is 6.91. The molecule has 1 aliphatic heterocycles. The minimum absolute atomic E-state index is 0.146. The number of aliphatic hydroxyl groups is 1. The van der Waals surface area contributed by atoms with Crippen LogP contribution in [0.15, 0.2) is 24.3 Å². The monoisotopic (exact) mass is 297 g/mol. The molecule has 118 valence electrons. The third kappa shape index (κ3) is 4.95. The molecule has 2 N–H and O–H groups in total. The number of anilines is 1. The number of halogens is 1. The maximum absolute atomic E-state index is 13.8. The number of para-hydroxylation sites is 1. The minimum atomic E-state index is -0.428. The number of hydrogen-bond donors (Lipinski definition) is 2. The average Bonchev–Trinajstić information content (AvgIpc) is 2.47. The molecule has 4 nitrogen and oxygen atoms in total. The van der Waals surface area contributed by atoms with Gasteiger partial charge in [0.15, 0.2) is 0 Å². The third-order valence-corrected chi connectivity index (χ3v) is 3.81. The summed E-state index contributed by atoms with van der Waals surface area (Å²) in [5.74, 6) is -0.161. The molecule has 0 saturated carbocycles. The molecule has 1 heterocycles. The first-order valence-electron chi connectivity index (χ1n) is 7.69. The molecule has 5 heteroatoms. The number of quaternary nitrogens is 1. The van der Waals surface area contributed by atoms with Crippen LogP contribution in [-0.4, -0.2) is 56.6 Å². The highest BCUT2D eigenvalue weighted by Gasteiger charge is 2.23. The van der Waals surface area contributed by atoms with Crippen molar-refractivity contribution in [3.63, 3.8) is 0 Å². The molecule has 1 aromatic rings. The second-order valence-electron chi connectivity index (χ2n) is 5.93. The molecule has 0 aliphatic carbocycles. The maximum Gasteiger partial charge on any atom is 0.146 e. The van der Waals surface area contributed by atoms with E-state index in [1.165, 1.54) is 11.0 Å². The largest absolute Gasteiger partial charge is 0.385 e. The van der Waals surface area contributed by atoms with E-state index < -0.39 is 6.10 Å². The first kappa shape index (κ1) is 16.2. The van der Waals surface area contributed by atoms with Crippen LogP contribution in [0, 0.1) is 5.82 Å². The summed E-state index contributed by atoms with van der Waals surface area (Å²) in [5.41, 5.74) is 0.681. The standard InChI is InChI=1S/C16H25FN2O2/c1-13(2)21-12-14(20)11-18-7-9-19(10-8-18)16-6-4-3-5-15(16)17/h3-6,13-14,20H,7-12H2,1-2H3/p+1/t14-/m0/s1. The lowest BCUT2D eigenvalue weighted by Crippen LogP contribution is -3.16. The van der Waals surface area contributed by atoms with Crippen molar-refractivity contribution in [3.05, 3.63) is 30.1 Å². The molecule has 21 heavy (non-hydrogen) atoms. The Kier molecular flexibility index (Phi) is 5.96. The Morgan fingerprint density at radius 1 is 1.29 bits per heavy atom. The van der Waals surface area contributed by atoms with Gasteiger partial charge in [-0.25, -0.2) is 4.39 Å². The van der Waals surface area contributed by atoms with Gasteiger partial charge in [-0.2, -0.15) is 0 Å². The highest BCUT2D eigenvalue weighted by Crippen LogP contribution is 2.18. The van der Waals surface area contributed by atoms with Crippen molar-refractivity contribution < 1.29 is 19.1 Å². The number of nitrogens with one attached hydrogen (secondary N) is 1. The lowest BCUT2D eigenvalue weighted by Gasteiger charge is -2.34. The van der Waals surface area contributed by atoms with E-state index in [1.54, 1.807) is 6.07 Å². The molecule has 1 aliphatic rings. The van der Waals surface area contributed by atoms with Gasteiger partial charge < -0.3 is 19.6 Å². The number of rotatable bonds is 6. The Balaban J connectivity index is 1.77. The van der Waals surface area contributed by atoms with E-state index in [9.17, 15) is 9.50 Å². The van der Waals surface area contributed by atoms with Crippen molar-refractivity contribution in [2.75, 3.05) is 44.2 Å². The smallest absolute Gasteiger partial charge is 0.146 e. The molecular formula is C16H26FN2O2+. The fraction of sp³-hybridized carbons (Fsp3) is 0.625. The Bertz CT molecular complexity index is 434. The van der Waals surface area contributed by atoms with Gasteiger partial charge in [-0.3, -0.25) is 0 Å². The average molecular weight is 297 g/mol. The van der Waals surface area contributed by atoms with Gasteiger partial charge in [0.25, 0.3) is 0 Å². The highest BCUT2D eigenvalue weighted by atomic mass is 19.1. The lowest BCUT2D eigenvalue weighted by atomic mass is 10.2. The van der Waals surface area contributed by atoms with Crippen LogP contribution in [0.3, 0.4) is 0 Å². The van der Waals surface area contributed by atoms with Gasteiger partial charge in [-0.1, -0.05) is 12.1 Å².